The second kappa shape index (κ2) is 6.34. The number of benzene rings is 2. The molecule has 1 aromatic heterocycles. The zero-order chi connectivity index (χ0) is 20.3. The Morgan fingerprint density at radius 1 is 1.07 bits per heavy atom. The summed E-state index contributed by atoms with van der Waals surface area (Å²) in [5.74, 6) is 1.77. The zero-order valence-electron chi connectivity index (χ0n) is 16.5. The summed E-state index contributed by atoms with van der Waals surface area (Å²) in [7, 11) is 3.19. The SMILES string of the molecule is COc1cc2c(cc1OC)[C@H]1c3nc4ccccc4c(=O)n3[C@@H](C)C(=O)N1CC2. The fraction of sp³-hybridized carbons (Fsp3) is 0.318. The Morgan fingerprint density at radius 2 is 1.79 bits per heavy atom. The molecule has 5 rings (SSSR count). The molecular formula is C22H21N3O4. The first-order valence-electron chi connectivity index (χ1n) is 9.61. The van der Waals surface area contributed by atoms with E-state index in [9.17, 15) is 9.59 Å². The molecule has 0 fully saturated rings. The molecule has 7 nitrogen and oxygen atoms in total. The van der Waals surface area contributed by atoms with Crippen LogP contribution in [0.5, 0.6) is 11.5 Å². The second-order valence-electron chi connectivity index (χ2n) is 7.43. The van der Waals surface area contributed by atoms with Gasteiger partial charge in [0.2, 0.25) is 5.91 Å². The largest absolute Gasteiger partial charge is 0.493 e. The highest BCUT2D eigenvalue weighted by Crippen LogP contribution is 2.43. The van der Waals surface area contributed by atoms with E-state index in [-0.39, 0.29) is 11.5 Å². The maximum atomic E-state index is 13.2. The van der Waals surface area contributed by atoms with E-state index in [1.807, 2.05) is 35.2 Å². The Morgan fingerprint density at radius 3 is 2.55 bits per heavy atom. The summed E-state index contributed by atoms with van der Waals surface area (Å²) in [5, 5.41) is 0.521. The molecule has 2 aliphatic rings. The minimum absolute atomic E-state index is 0.0675. The summed E-state index contributed by atoms with van der Waals surface area (Å²) < 4.78 is 12.5. The second-order valence-corrected chi connectivity index (χ2v) is 7.43. The minimum atomic E-state index is -0.590. The smallest absolute Gasteiger partial charge is 0.262 e. The molecule has 2 aromatic carbocycles. The summed E-state index contributed by atoms with van der Waals surface area (Å²) in [6, 6.07) is 10.1. The summed E-state index contributed by atoms with van der Waals surface area (Å²) >= 11 is 0. The number of methoxy groups -OCH3 is 2. The van der Waals surface area contributed by atoms with Gasteiger partial charge < -0.3 is 14.4 Å². The van der Waals surface area contributed by atoms with E-state index in [2.05, 4.69) is 0 Å². The van der Waals surface area contributed by atoms with Gasteiger partial charge in [-0.25, -0.2) is 4.98 Å². The predicted octanol–water partition coefficient (Wildman–Crippen LogP) is 2.46. The van der Waals surface area contributed by atoms with E-state index in [1.165, 1.54) is 0 Å². The molecule has 0 unspecified atom stereocenters. The third kappa shape index (κ3) is 2.40. The highest BCUT2D eigenvalue weighted by Gasteiger charge is 2.43. The van der Waals surface area contributed by atoms with Crippen molar-refractivity contribution in [2.24, 2.45) is 0 Å². The van der Waals surface area contributed by atoms with Crippen molar-refractivity contribution in [2.75, 3.05) is 20.8 Å². The van der Waals surface area contributed by atoms with E-state index in [0.717, 1.165) is 11.1 Å². The van der Waals surface area contributed by atoms with Crippen LogP contribution in [0.2, 0.25) is 0 Å². The Labute approximate surface area is 167 Å². The molecule has 0 bridgehead atoms. The quantitative estimate of drug-likeness (QED) is 0.671. The maximum Gasteiger partial charge on any atom is 0.262 e. The van der Waals surface area contributed by atoms with Gasteiger partial charge in [0.1, 0.15) is 17.9 Å². The molecule has 0 radical (unpaired) electrons. The van der Waals surface area contributed by atoms with Crippen molar-refractivity contribution in [2.45, 2.75) is 25.4 Å². The number of nitrogens with zero attached hydrogens (tertiary/aromatic N) is 3. The van der Waals surface area contributed by atoms with Gasteiger partial charge in [-0.3, -0.25) is 14.2 Å². The number of amides is 1. The standard InChI is InChI=1S/C22H21N3O4/c1-12-21(26)24-9-8-13-10-17(28-2)18(29-3)11-15(13)19(24)20-23-16-7-5-4-6-14(16)22(27)25(12)20/h4-7,10-12,19H,8-9H2,1-3H3/t12-,19-/m0/s1. The summed E-state index contributed by atoms with van der Waals surface area (Å²) in [4.78, 5) is 33.1. The molecule has 1 amide bonds. The predicted molar refractivity (Wildman–Crippen MR) is 108 cm³/mol. The number of fused-ring (bicyclic) bond motifs is 6. The van der Waals surface area contributed by atoms with Crippen molar-refractivity contribution in [3.63, 3.8) is 0 Å². The van der Waals surface area contributed by atoms with Crippen LogP contribution >= 0.6 is 0 Å². The molecule has 0 saturated heterocycles. The molecule has 2 aliphatic heterocycles. The summed E-state index contributed by atoms with van der Waals surface area (Å²) in [6.45, 7) is 2.34. The number of rotatable bonds is 2. The molecule has 2 atom stereocenters. The average Bonchev–Trinajstić information content (AvgIpc) is 2.75. The number of aromatic nitrogens is 2. The van der Waals surface area contributed by atoms with Crippen LogP contribution in [0, 0.1) is 0 Å². The van der Waals surface area contributed by atoms with Gasteiger partial charge in [-0.05, 0) is 48.7 Å². The molecule has 7 heteroatoms. The summed E-state index contributed by atoms with van der Waals surface area (Å²) in [6.07, 6.45) is 0.711. The average molecular weight is 391 g/mol. The Kier molecular flexibility index (Phi) is 3.87. The molecule has 0 aliphatic carbocycles. The molecule has 3 aromatic rings. The first-order chi connectivity index (χ1) is 14.0. The first-order valence-corrected chi connectivity index (χ1v) is 9.61. The van der Waals surface area contributed by atoms with E-state index in [0.29, 0.717) is 41.2 Å². The maximum absolute atomic E-state index is 13.2. The van der Waals surface area contributed by atoms with E-state index in [1.54, 1.807) is 31.8 Å². The monoisotopic (exact) mass is 391 g/mol. The highest BCUT2D eigenvalue weighted by atomic mass is 16.5. The van der Waals surface area contributed by atoms with Crippen molar-refractivity contribution in [3.8, 4) is 11.5 Å². The molecule has 3 heterocycles. The number of carbonyl (C=O) groups excluding carboxylic acids is 1. The first kappa shape index (κ1) is 17.7. The lowest BCUT2D eigenvalue weighted by Gasteiger charge is -2.43. The molecule has 29 heavy (non-hydrogen) atoms. The lowest BCUT2D eigenvalue weighted by Crippen LogP contribution is -2.52. The fourth-order valence-corrected chi connectivity index (χ4v) is 4.54. The van der Waals surface area contributed by atoms with Crippen molar-refractivity contribution < 1.29 is 14.3 Å². The lowest BCUT2D eigenvalue weighted by molar-refractivity contribution is -0.139. The van der Waals surface area contributed by atoms with Crippen molar-refractivity contribution >= 4 is 16.8 Å². The minimum Gasteiger partial charge on any atom is -0.493 e. The molecule has 0 N–H and O–H groups in total. The van der Waals surface area contributed by atoms with Crippen LogP contribution in [-0.2, 0) is 11.2 Å². The Bertz CT molecular complexity index is 1220. The van der Waals surface area contributed by atoms with E-state index >= 15 is 0 Å². The highest BCUT2D eigenvalue weighted by molar-refractivity contribution is 5.84. The normalized spacial score (nSPS) is 20.1. The van der Waals surface area contributed by atoms with Crippen LogP contribution < -0.4 is 15.0 Å². The van der Waals surface area contributed by atoms with Crippen LogP contribution in [-0.4, -0.2) is 41.1 Å². The number of hydrogen-bond donors (Lipinski definition) is 0. The van der Waals surface area contributed by atoms with Gasteiger partial charge in [-0.2, -0.15) is 0 Å². The third-order valence-corrected chi connectivity index (χ3v) is 5.98. The fourth-order valence-electron chi connectivity index (χ4n) is 4.54. The van der Waals surface area contributed by atoms with Gasteiger partial charge in [0.25, 0.3) is 5.56 Å². The third-order valence-electron chi connectivity index (χ3n) is 5.98. The lowest BCUT2D eigenvalue weighted by atomic mass is 9.89. The van der Waals surface area contributed by atoms with Gasteiger partial charge in [-0.15, -0.1) is 0 Å². The van der Waals surface area contributed by atoms with Gasteiger partial charge >= 0.3 is 0 Å². The van der Waals surface area contributed by atoms with Crippen LogP contribution in [0.4, 0.5) is 0 Å². The van der Waals surface area contributed by atoms with E-state index in [4.69, 9.17) is 14.5 Å². The Balaban J connectivity index is 1.83. The number of ether oxygens (including phenoxy) is 2. The van der Waals surface area contributed by atoms with Crippen LogP contribution in [0.1, 0.15) is 36.0 Å². The van der Waals surface area contributed by atoms with Crippen molar-refractivity contribution in [1.29, 1.82) is 0 Å². The molecule has 0 spiro atoms. The molecular weight excluding hydrogens is 370 g/mol. The van der Waals surface area contributed by atoms with Gasteiger partial charge in [0.15, 0.2) is 11.5 Å². The topological polar surface area (TPSA) is 73.7 Å². The molecule has 148 valence electrons. The van der Waals surface area contributed by atoms with Crippen molar-refractivity contribution in [1.82, 2.24) is 14.5 Å². The summed E-state index contributed by atoms with van der Waals surface area (Å²) in [5.41, 5.74) is 2.45. The Hall–Kier alpha value is -3.35. The van der Waals surface area contributed by atoms with Gasteiger partial charge in [0, 0.05) is 6.54 Å². The van der Waals surface area contributed by atoms with Crippen molar-refractivity contribution in [3.05, 3.63) is 63.7 Å². The van der Waals surface area contributed by atoms with Gasteiger partial charge in [0.05, 0.1) is 25.1 Å². The number of para-hydroxylation sites is 1. The van der Waals surface area contributed by atoms with Crippen LogP contribution in [0.15, 0.2) is 41.2 Å². The molecule has 0 saturated carbocycles. The van der Waals surface area contributed by atoms with Gasteiger partial charge in [-0.1, -0.05) is 12.1 Å². The van der Waals surface area contributed by atoms with E-state index < -0.39 is 12.1 Å². The van der Waals surface area contributed by atoms with Crippen LogP contribution in [0.3, 0.4) is 0 Å². The number of hydrogen-bond acceptors (Lipinski definition) is 5. The van der Waals surface area contributed by atoms with Crippen LogP contribution in [0.25, 0.3) is 10.9 Å². The zero-order valence-corrected chi connectivity index (χ0v) is 16.5. The number of carbonyl (C=O) groups is 1.